The molecule has 0 aliphatic rings. The average molecular weight is 420 g/mol. The number of aromatic nitrogens is 2. The van der Waals surface area contributed by atoms with Crippen LogP contribution in [0.25, 0.3) is 21.3 Å². The smallest absolute Gasteiger partial charge is 0.338 e. The summed E-state index contributed by atoms with van der Waals surface area (Å²) in [6, 6.07) is 12.6. The molecule has 0 unspecified atom stereocenters. The van der Waals surface area contributed by atoms with Crippen LogP contribution in [0, 0.1) is 20.8 Å². The molecule has 0 spiro atoms. The standard InChI is InChI=1S/C23H20N2O4S/c1-12-4-7-15(8-5-12)19-14(3)30-22-20(19)21(27)24-18(25-22)11-29-23(28)16-9-6-13(2)17(26)10-16/h4-10,26H,11H2,1-3H3,(H,24,25,27). The number of aromatic amines is 1. The van der Waals surface area contributed by atoms with Gasteiger partial charge in [0.25, 0.3) is 5.56 Å². The molecular weight excluding hydrogens is 400 g/mol. The predicted molar refractivity (Wildman–Crippen MR) is 117 cm³/mol. The number of nitrogens with zero attached hydrogens (tertiary/aromatic N) is 1. The normalized spacial score (nSPS) is 11.0. The molecule has 0 amide bonds. The number of hydrogen-bond acceptors (Lipinski definition) is 6. The number of nitrogens with one attached hydrogen (secondary N) is 1. The van der Waals surface area contributed by atoms with E-state index in [9.17, 15) is 14.7 Å². The lowest BCUT2D eigenvalue weighted by Gasteiger charge is -2.06. The summed E-state index contributed by atoms with van der Waals surface area (Å²) in [5, 5.41) is 10.3. The third-order valence-electron chi connectivity index (χ3n) is 4.91. The Balaban J connectivity index is 1.62. The van der Waals surface area contributed by atoms with Gasteiger partial charge in [0.2, 0.25) is 0 Å². The zero-order chi connectivity index (χ0) is 21.4. The minimum Gasteiger partial charge on any atom is -0.508 e. The number of carbonyl (C=O) groups is 1. The lowest BCUT2D eigenvalue weighted by molar-refractivity contribution is 0.0462. The van der Waals surface area contributed by atoms with Gasteiger partial charge in [-0.15, -0.1) is 11.3 Å². The van der Waals surface area contributed by atoms with E-state index in [0.717, 1.165) is 21.6 Å². The van der Waals surface area contributed by atoms with Crippen LogP contribution in [0.1, 0.15) is 32.2 Å². The van der Waals surface area contributed by atoms with Crippen LogP contribution >= 0.6 is 11.3 Å². The highest BCUT2D eigenvalue weighted by Gasteiger charge is 2.17. The van der Waals surface area contributed by atoms with Gasteiger partial charge in [0.15, 0.2) is 0 Å². The number of fused-ring (bicyclic) bond motifs is 1. The summed E-state index contributed by atoms with van der Waals surface area (Å²) in [5.41, 5.74) is 3.63. The van der Waals surface area contributed by atoms with Gasteiger partial charge in [-0.05, 0) is 44.0 Å². The molecule has 2 aromatic heterocycles. The maximum absolute atomic E-state index is 12.8. The van der Waals surface area contributed by atoms with Crippen molar-refractivity contribution < 1.29 is 14.6 Å². The Bertz CT molecular complexity index is 1320. The Morgan fingerprint density at radius 2 is 1.87 bits per heavy atom. The first-order valence-corrected chi connectivity index (χ1v) is 10.2. The summed E-state index contributed by atoms with van der Waals surface area (Å²) < 4.78 is 5.27. The van der Waals surface area contributed by atoms with E-state index in [4.69, 9.17) is 4.74 Å². The third-order valence-corrected chi connectivity index (χ3v) is 5.91. The minimum atomic E-state index is -0.601. The lowest BCUT2D eigenvalue weighted by atomic mass is 10.0. The van der Waals surface area contributed by atoms with Crippen molar-refractivity contribution in [3.8, 4) is 16.9 Å². The first-order valence-electron chi connectivity index (χ1n) is 9.39. The lowest BCUT2D eigenvalue weighted by Crippen LogP contribution is -2.14. The number of phenolic OH excluding ortho intramolecular Hbond substituents is 1. The Morgan fingerprint density at radius 3 is 2.57 bits per heavy atom. The van der Waals surface area contributed by atoms with Crippen molar-refractivity contribution in [1.29, 1.82) is 0 Å². The molecular formula is C23H20N2O4S. The Labute approximate surface area is 176 Å². The fourth-order valence-electron chi connectivity index (χ4n) is 3.25. The number of benzene rings is 2. The largest absolute Gasteiger partial charge is 0.508 e. The topological polar surface area (TPSA) is 92.3 Å². The zero-order valence-corrected chi connectivity index (χ0v) is 17.6. The van der Waals surface area contributed by atoms with Crippen LogP contribution in [0.3, 0.4) is 0 Å². The van der Waals surface area contributed by atoms with Gasteiger partial charge in [0.1, 0.15) is 23.0 Å². The highest BCUT2D eigenvalue weighted by atomic mass is 32.1. The number of esters is 1. The number of ether oxygens (including phenoxy) is 1. The molecule has 152 valence electrons. The molecule has 2 aromatic carbocycles. The highest BCUT2D eigenvalue weighted by Crippen LogP contribution is 2.35. The first kappa shape index (κ1) is 19.8. The van der Waals surface area contributed by atoms with Crippen molar-refractivity contribution in [2.45, 2.75) is 27.4 Å². The number of thiophene rings is 1. The molecule has 0 fully saturated rings. The number of aryl methyl sites for hydroxylation is 3. The molecule has 7 heteroatoms. The summed E-state index contributed by atoms with van der Waals surface area (Å²) in [7, 11) is 0. The number of H-pyrrole nitrogens is 1. The van der Waals surface area contributed by atoms with Crippen molar-refractivity contribution in [3.63, 3.8) is 0 Å². The van der Waals surface area contributed by atoms with Crippen LogP contribution in [0.15, 0.2) is 47.3 Å². The van der Waals surface area contributed by atoms with Crippen molar-refractivity contribution in [3.05, 3.63) is 80.2 Å². The van der Waals surface area contributed by atoms with Gasteiger partial charge in [-0.2, -0.15) is 0 Å². The Morgan fingerprint density at radius 1 is 1.13 bits per heavy atom. The third kappa shape index (κ3) is 3.71. The van der Waals surface area contributed by atoms with E-state index in [-0.39, 0.29) is 29.3 Å². The van der Waals surface area contributed by atoms with E-state index < -0.39 is 5.97 Å². The second-order valence-electron chi connectivity index (χ2n) is 7.17. The molecule has 0 saturated heterocycles. The van der Waals surface area contributed by atoms with Gasteiger partial charge in [-0.25, -0.2) is 9.78 Å². The Kier molecular flexibility index (Phi) is 5.13. The SMILES string of the molecule is Cc1ccc(-c2c(C)sc3nc(COC(=O)c4ccc(C)c(O)c4)[nH]c(=O)c23)cc1. The van der Waals surface area contributed by atoms with Crippen molar-refractivity contribution in [1.82, 2.24) is 9.97 Å². The minimum absolute atomic E-state index is 0.0232. The van der Waals surface area contributed by atoms with Crippen molar-refractivity contribution in [2.24, 2.45) is 0 Å². The molecule has 0 saturated carbocycles. The average Bonchev–Trinajstić information content (AvgIpc) is 3.05. The monoisotopic (exact) mass is 420 g/mol. The van der Waals surface area contributed by atoms with Gasteiger partial charge in [0, 0.05) is 10.4 Å². The van der Waals surface area contributed by atoms with Gasteiger partial charge < -0.3 is 14.8 Å². The number of aromatic hydroxyl groups is 1. The first-order chi connectivity index (χ1) is 14.3. The number of hydrogen-bond donors (Lipinski definition) is 2. The molecule has 0 atom stereocenters. The molecule has 0 bridgehead atoms. The maximum atomic E-state index is 12.8. The van der Waals surface area contributed by atoms with E-state index >= 15 is 0 Å². The van der Waals surface area contributed by atoms with E-state index in [1.807, 2.05) is 38.1 Å². The zero-order valence-electron chi connectivity index (χ0n) is 16.8. The van der Waals surface area contributed by atoms with Crippen LogP contribution < -0.4 is 5.56 Å². The van der Waals surface area contributed by atoms with Gasteiger partial charge in [0.05, 0.1) is 10.9 Å². The van der Waals surface area contributed by atoms with Crippen LogP contribution in [-0.2, 0) is 11.3 Å². The fourth-order valence-corrected chi connectivity index (χ4v) is 4.32. The van der Waals surface area contributed by atoms with E-state index in [1.165, 1.54) is 17.4 Å². The van der Waals surface area contributed by atoms with E-state index in [2.05, 4.69) is 9.97 Å². The molecule has 2 heterocycles. The summed E-state index contributed by atoms with van der Waals surface area (Å²) in [4.78, 5) is 33.9. The predicted octanol–water partition coefficient (Wildman–Crippen LogP) is 4.64. The fraction of sp³-hybridized carbons (Fsp3) is 0.174. The summed E-state index contributed by atoms with van der Waals surface area (Å²) in [5.74, 6) is -0.306. The second-order valence-corrected chi connectivity index (χ2v) is 8.37. The van der Waals surface area contributed by atoms with E-state index in [0.29, 0.717) is 15.8 Å². The van der Waals surface area contributed by atoms with Gasteiger partial charge in [-0.3, -0.25) is 4.79 Å². The van der Waals surface area contributed by atoms with Crippen LogP contribution in [-0.4, -0.2) is 21.0 Å². The molecule has 4 rings (SSSR count). The number of rotatable bonds is 4. The van der Waals surface area contributed by atoms with Crippen molar-refractivity contribution in [2.75, 3.05) is 0 Å². The quantitative estimate of drug-likeness (QED) is 0.469. The van der Waals surface area contributed by atoms with Crippen molar-refractivity contribution >= 4 is 27.5 Å². The van der Waals surface area contributed by atoms with Crippen LogP contribution in [0.5, 0.6) is 5.75 Å². The molecule has 6 nitrogen and oxygen atoms in total. The number of carbonyl (C=O) groups excluding carboxylic acids is 1. The van der Waals surface area contributed by atoms with Gasteiger partial charge in [-0.1, -0.05) is 35.9 Å². The maximum Gasteiger partial charge on any atom is 0.338 e. The molecule has 0 aliphatic heterocycles. The Hall–Kier alpha value is -3.45. The summed E-state index contributed by atoms with van der Waals surface area (Å²) >= 11 is 1.44. The summed E-state index contributed by atoms with van der Waals surface area (Å²) in [6.45, 7) is 5.55. The summed E-state index contributed by atoms with van der Waals surface area (Å²) in [6.07, 6.45) is 0. The van der Waals surface area contributed by atoms with Gasteiger partial charge >= 0.3 is 5.97 Å². The van der Waals surface area contributed by atoms with Crippen LogP contribution in [0.4, 0.5) is 0 Å². The van der Waals surface area contributed by atoms with Crippen LogP contribution in [0.2, 0.25) is 0 Å². The molecule has 2 N–H and O–H groups in total. The molecule has 4 aromatic rings. The molecule has 0 aliphatic carbocycles. The van der Waals surface area contributed by atoms with E-state index in [1.54, 1.807) is 19.1 Å². The second kappa shape index (κ2) is 7.76. The molecule has 30 heavy (non-hydrogen) atoms. The highest BCUT2D eigenvalue weighted by molar-refractivity contribution is 7.19. The molecule has 0 radical (unpaired) electrons. The number of phenols is 1.